The Hall–Kier alpha value is -1.30. The van der Waals surface area contributed by atoms with Crippen molar-refractivity contribution in [3.8, 4) is 0 Å². The van der Waals surface area contributed by atoms with Crippen LogP contribution in [0.2, 0.25) is 0 Å². The van der Waals surface area contributed by atoms with Crippen molar-refractivity contribution in [2.24, 2.45) is 5.41 Å². The number of likely N-dealkylation sites (N-methyl/N-ethyl adjacent to an activating group) is 1. The van der Waals surface area contributed by atoms with Crippen molar-refractivity contribution in [2.75, 3.05) is 33.2 Å². The molecule has 2 aliphatic rings. The van der Waals surface area contributed by atoms with Crippen LogP contribution in [0, 0.1) is 5.41 Å². The number of aliphatic carboxylic acids is 1. The van der Waals surface area contributed by atoms with Gasteiger partial charge in [0.25, 0.3) is 0 Å². The lowest BCUT2D eigenvalue weighted by molar-refractivity contribution is -0.153. The zero-order valence-corrected chi connectivity index (χ0v) is 13.1. The molecule has 1 atom stereocenters. The summed E-state index contributed by atoms with van der Waals surface area (Å²) in [5.41, 5.74) is -0.722. The maximum Gasteiger partial charge on any atom is 0.317 e. The van der Waals surface area contributed by atoms with Crippen molar-refractivity contribution in [1.82, 2.24) is 15.1 Å². The minimum atomic E-state index is -0.781. The van der Waals surface area contributed by atoms with Gasteiger partial charge in [0.15, 0.2) is 0 Å². The van der Waals surface area contributed by atoms with Gasteiger partial charge in [-0.25, -0.2) is 4.79 Å². The zero-order chi connectivity index (χ0) is 15.5. The summed E-state index contributed by atoms with van der Waals surface area (Å²) in [4.78, 5) is 27.9. The number of carboxylic acid groups (broad SMARTS) is 1. The summed E-state index contributed by atoms with van der Waals surface area (Å²) in [6, 6.07) is 0.101. The van der Waals surface area contributed by atoms with Gasteiger partial charge in [0, 0.05) is 25.7 Å². The lowest BCUT2D eigenvalue weighted by atomic mass is 9.69. The summed E-state index contributed by atoms with van der Waals surface area (Å²) in [5, 5.41) is 12.2. The van der Waals surface area contributed by atoms with E-state index in [0.29, 0.717) is 12.8 Å². The van der Waals surface area contributed by atoms with Crippen LogP contribution in [0.1, 0.15) is 39.0 Å². The van der Waals surface area contributed by atoms with Gasteiger partial charge in [-0.05, 0) is 39.3 Å². The third kappa shape index (κ3) is 3.48. The second-order valence-electron chi connectivity index (χ2n) is 6.47. The van der Waals surface area contributed by atoms with E-state index in [4.69, 9.17) is 0 Å². The van der Waals surface area contributed by atoms with E-state index in [1.165, 1.54) is 0 Å². The van der Waals surface area contributed by atoms with E-state index in [1.54, 1.807) is 0 Å². The molecule has 2 rings (SSSR count). The molecule has 120 valence electrons. The van der Waals surface area contributed by atoms with Crippen molar-refractivity contribution in [2.45, 2.75) is 45.1 Å². The van der Waals surface area contributed by atoms with E-state index in [-0.39, 0.29) is 18.6 Å². The SMILES string of the molecule is CCC1CN(C)CCCN1C(=O)NCC1(C(=O)O)CCC1. The molecule has 0 aromatic heterocycles. The van der Waals surface area contributed by atoms with Gasteiger partial charge >= 0.3 is 12.0 Å². The first-order valence-corrected chi connectivity index (χ1v) is 7.95. The zero-order valence-electron chi connectivity index (χ0n) is 13.1. The highest BCUT2D eigenvalue weighted by molar-refractivity contribution is 5.79. The van der Waals surface area contributed by atoms with Crippen LogP contribution in [-0.4, -0.2) is 66.2 Å². The summed E-state index contributed by atoms with van der Waals surface area (Å²) in [6.45, 7) is 4.97. The van der Waals surface area contributed by atoms with Gasteiger partial charge in [0.2, 0.25) is 0 Å². The van der Waals surface area contributed by atoms with E-state index in [1.807, 2.05) is 4.90 Å². The topological polar surface area (TPSA) is 72.9 Å². The molecule has 6 nitrogen and oxygen atoms in total. The van der Waals surface area contributed by atoms with Gasteiger partial charge in [0.1, 0.15) is 0 Å². The molecule has 0 radical (unpaired) electrons. The highest BCUT2D eigenvalue weighted by Crippen LogP contribution is 2.40. The third-order valence-corrected chi connectivity index (χ3v) is 4.98. The summed E-state index contributed by atoms with van der Waals surface area (Å²) in [5.74, 6) is -0.781. The molecule has 6 heteroatoms. The van der Waals surface area contributed by atoms with Gasteiger partial charge in [0.05, 0.1) is 5.41 Å². The fourth-order valence-corrected chi connectivity index (χ4v) is 3.28. The Morgan fingerprint density at radius 2 is 2.00 bits per heavy atom. The normalized spacial score (nSPS) is 25.8. The van der Waals surface area contributed by atoms with Crippen LogP contribution in [0.15, 0.2) is 0 Å². The summed E-state index contributed by atoms with van der Waals surface area (Å²) >= 11 is 0. The molecule has 21 heavy (non-hydrogen) atoms. The van der Waals surface area contributed by atoms with Crippen LogP contribution < -0.4 is 5.32 Å². The maximum absolute atomic E-state index is 12.4. The van der Waals surface area contributed by atoms with Crippen molar-refractivity contribution in [1.29, 1.82) is 0 Å². The van der Waals surface area contributed by atoms with E-state index in [0.717, 1.165) is 38.9 Å². The number of carbonyl (C=O) groups is 2. The fourth-order valence-electron chi connectivity index (χ4n) is 3.28. The predicted molar refractivity (Wildman–Crippen MR) is 80.2 cm³/mol. The Morgan fingerprint density at radius 1 is 1.29 bits per heavy atom. The number of hydrogen-bond acceptors (Lipinski definition) is 3. The molecule has 2 fully saturated rings. The van der Waals surface area contributed by atoms with Crippen LogP contribution in [-0.2, 0) is 4.79 Å². The molecule has 0 bridgehead atoms. The molecule has 1 saturated carbocycles. The lowest BCUT2D eigenvalue weighted by Crippen LogP contribution is -2.53. The predicted octanol–water partition coefficient (Wildman–Crippen LogP) is 1.37. The number of rotatable bonds is 4. The molecule has 0 spiro atoms. The molecule has 1 aliphatic carbocycles. The number of carboxylic acids is 1. The molecular weight excluding hydrogens is 270 g/mol. The fraction of sp³-hybridized carbons (Fsp3) is 0.867. The molecule has 0 aromatic rings. The first-order valence-electron chi connectivity index (χ1n) is 7.95. The molecule has 1 heterocycles. The van der Waals surface area contributed by atoms with Gasteiger partial charge in [-0.3, -0.25) is 4.79 Å². The van der Waals surface area contributed by atoms with Crippen molar-refractivity contribution in [3.05, 3.63) is 0 Å². The molecule has 2 N–H and O–H groups in total. The second kappa shape index (κ2) is 6.64. The molecule has 1 saturated heterocycles. The Morgan fingerprint density at radius 3 is 2.52 bits per heavy atom. The number of carbonyl (C=O) groups excluding carboxylic acids is 1. The maximum atomic E-state index is 12.4. The van der Waals surface area contributed by atoms with E-state index in [2.05, 4.69) is 24.2 Å². The molecular formula is C15H27N3O3. The third-order valence-electron chi connectivity index (χ3n) is 4.98. The number of hydrogen-bond donors (Lipinski definition) is 2. The minimum Gasteiger partial charge on any atom is -0.481 e. The summed E-state index contributed by atoms with van der Waals surface area (Å²) in [6.07, 6.45) is 4.16. The van der Waals surface area contributed by atoms with Crippen LogP contribution in [0.4, 0.5) is 4.79 Å². The molecule has 2 amide bonds. The van der Waals surface area contributed by atoms with Crippen LogP contribution in [0.3, 0.4) is 0 Å². The van der Waals surface area contributed by atoms with Crippen LogP contribution in [0.25, 0.3) is 0 Å². The smallest absolute Gasteiger partial charge is 0.317 e. The number of nitrogens with one attached hydrogen (secondary N) is 1. The Labute approximate surface area is 126 Å². The van der Waals surface area contributed by atoms with Crippen LogP contribution in [0.5, 0.6) is 0 Å². The lowest BCUT2D eigenvalue weighted by Gasteiger charge is -2.38. The van der Waals surface area contributed by atoms with E-state index < -0.39 is 11.4 Å². The number of urea groups is 1. The standard InChI is InChI=1S/C15H27N3O3/c1-3-12-10-17(2)8-5-9-18(12)14(21)16-11-15(13(19)20)6-4-7-15/h12H,3-11H2,1-2H3,(H,16,21)(H,19,20). The Kier molecular flexibility index (Phi) is 5.08. The van der Waals surface area contributed by atoms with Crippen molar-refractivity contribution in [3.63, 3.8) is 0 Å². The van der Waals surface area contributed by atoms with Crippen molar-refractivity contribution >= 4 is 12.0 Å². The first-order chi connectivity index (χ1) is 9.98. The summed E-state index contributed by atoms with van der Waals surface area (Å²) < 4.78 is 0. The molecule has 1 aliphatic heterocycles. The number of nitrogens with zero attached hydrogens (tertiary/aromatic N) is 2. The number of amides is 2. The summed E-state index contributed by atoms with van der Waals surface area (Å²) in [7, 11) is 2.08. The minimum absolute atomic E-state index is 0.107. The average Bonchev–Trinajstić information content (AvgIpc) is 2.58. The molecule has 0 aromatic carbocycles. The van der Waals surface area contributed by atoms with Crippen molar-refractivity contribution < 1.29 is 14.7 Å². The highest BCUT2D eigenvalue weighted by Gasteiger charge is 2.44. The first kappa shape index (κ1) is 16.1. The largest absolute Gasteiger partial charge is 0.481 e. The van der Waals surface area contributed by atoms with E-state index in [9.17, 15) is 14.7 Å². The Balaban J connectivity index is 1.93. The monoisotopic (exact) mass is 297 g/mol. The Bertz CT molecular complexity index is 396. The van der Waals surface area contributed by atoms with Gasteiger partial charge in [-0.15, -0.1) is 0 Å². The van der Waals surface area contributed by atoms with Gasteiger partial charge in [-0.2, -0.15) is 0 Å². The van der Waals surface area contributed by atoms with Crippen LogP contribution >= 0.6 is 0 Å². The van der Waals surface area contributed by atoms with E-state index >= 15 is 0 Å². The second-order valence-corrected chi connectivity index (χ2v) is 6.47. The van der Waals surface area contributed by atoms with Gasteiger partial charge in [-0.1, -0.05) is 13.3 Å². The van der Waals surface area contributed by atoms with Gasteiger partial charge < -0.3 is 20.2 Å². The quantitative estimate of drug-likeness (QED) is 0.822. The highest BCUT2D eigenvalue weighted by atomic mass is 16.4. The molecule has 1 unspecified atom stereocenters. The average molecular weight is 297 g/mol.